The Labute approximate surface area is 218 Å². The Morgan fingerprint density at radius 2 is 1.91 bits per heavy atom. The summed E-state index contributed by atoms with van der Waals surface area (Å²) in [5.41, 5.74) is 3.48. The van der Waals surface area contributed by atoms with Crippen molar-refractivity contribution in [3.05, 3.63) is 93.5 Å². The number of aromatic nitrogens is 1. The van der Waals surface area contributed by atoms with Crippen molar-refractivity contribution < 1.29 is 9.53 Å². The molecule has 2 heterocycles. The third kappa shape index (κ3) is 4.69. The predicted molar refractivity (Wildman–Crippen MR) is 143 cm³/mol. The number of nitrogens with zero attached hydrogens (tertiary/aromatic N) is 3. The van der Waals surface area contributed by atoms with Gasteiger partial charge >= 0.3 is 5.97 Å². The number of fused-ring (bicyclic) bond motifs is 1. The van der Waals surface area contributed by atoms with Crippen LogP contribution in [0.1, 0.15) is 31.0 Å². The van der Waals surface area contributed by atoms with Crippen LogP contribution >= 0.6 is 43.2 Å². The van der Waals surface area contributed by atoms with Gasteiger partial charge in [-0.3, -0.25) is 9.36 Å². The Balaban J connectivity index is 1.91. The van der Waals surface area contributed by atoms with Gasteiger partial charge < -0.3 is 9.64 Å². The van der Waals surface area contributed by atoms with E-state index in [1.54, 1.807) is 18.4 Å². The molecule has 0 bridgehead atoms. The number of benzene rings is 2. The molecule has 0 unspecified atom stereocenters. The number of thiazole rings is 1. The fraction of sp³-hybridized carbons (Fsp3) is 0.240. The van der Waals surface area contributed by atoms with E-state index in [4.69, 9.17) is 4.74 Å². The molecule has 1 atom stereocenters. The SMILES string of the molecule is CCOC(=O)C1=C(C)N=c2s/c(=C/c3ccc(N(C)C)c(Br)c3)c(=O)n2[C@@H]1c1ccc(Br)cc1. The number of allylic oxidation sites excluding steroid dienone is 1. The smallest absolute Gasteiger partial charge is 0.338 e. The predicted octanol–water partition coefficient (Wildman–Crippen LogP) is 4.39. The van der Waals surface area contributed by atoms with Gasteiger partial charge in [-0.2, -0.15) is 0 Å². The maximum Gasteiger partial charge on any atom is 0.338 e. The molecule has 0 aliphatic carbocycles. The molecule has 3 aromatic rings. The van der Waals surface area contributed by atoms with E-state index in [1.807, 2.05) is 67.5 Å². The number of hydrogen-bond donors (Lipinski definition) is 0. The van der Waals surface area contributed by atoms with E-state index in [2.05, 4.69) is 36.9 Å². The molecule has 0 fully saturated rings. The fourth-order valence-electron chi connectivity index (χ4n) is 3.88. The summed E-state index contributed by atoms with van der Waals surface area (Å²) in [5, 5.41) is 0. The molecule has 2 aromatic carbocycles. The van der Waals surface area contributed by atoms with Gasteiger partial charge in [0.15, 0.2) is 4.80 Å². The van der Waals surface area contributed by atoms with Crippen molar-refractivity contribution in [1.29, 1.82) is 0 Å². The summed E-state index contributed by atoms with van der Waals surface area (Å²) in [6.07, 6.45) is 1.86. The standard InChI is InChI=1S/C25H23Br2N3O3S/c1-5-33-24(32)21-14(2)28-25-30(22(21)16-7-9-17(26)10-8-16)23(31)20(34-25)13-15-6-11-19(29(3)4)18(27)12-15/h6-13,22H,5H2,1-4H3/b20-13+/t22-/m1/s1. The van der Waals surface area contributed by atoms with Crippen molar-refractivity contribution in [2.45, 2.75) is 19.9 Å². The van der Waals surface area contributed by atoms with Crippen LogP contribution in [0.4, 0.5) is 5.69 Å². The molecule has 176 valence electrons. The van der Waals surface area contributed by atoms with Crippen LogP contribution in [-0.2, 0) is 9.53 Å². The highest BCUT2D eigenvalue weighted by molar-refractivity contribution is 9.10. The number of carbonyl (C=O) groups is 1. The summed E-state index contributed by atoms with van der Waals surface area (Å²) in [4.78, 5) is 33.7. The Morgan fingerprint density at radius 1 is 1.21 bits per heavy atom. The first-order valence-electron chi connectivity index (χ1n) is 10.6. The van der Waals surface area contributed by atoms with Crippen LogP contribution in [0.15, 0.2) is 72.5 Å². The average Bonchev–Trinajstić information content (AvgIpc) is 3.08. The minimum Gasteiger partial charge on any atom is -0.463 e. The number of halogens is 2. The maximum atomic E-state index is 13.6. The number of esters is 1. The van der Waals surface area contributed by atoms with E-state index in [-0.39, 0.29) is 12.2 Å². The minimum absolute atomic E-state index is 0.196. The Kier molecular flexibility index (Phi) is 7.25. The lowest BCUT2D eigenvalue weighted by atomic mass is 9.96. The molecular weight excluding hydrogens is 582 g/mol. The first kappa shape index (κ1) is 24.6. The number of rotatable bonds is 5. The molecule has 34 heavy (non-hydrogen) atoms. The number of carbonyl (C=O) groups excluding carboxylic acids is 1. The number of hydrogen-bond acceptors (Lipinski definition) is 6. The number of anilines is 1. The molecular formula is C25H23Br2N3O3S. The maximum absolute atomic E-state index is 13.6. The molecule has 1 aliphatic rings. The molecule has 1 aliphatic heterocycles. The monoisotopic (exact) mass is 603 g/mol. The van der Waals surface area contributed by atoms with E-state index in [1.165, 1.54) is 11.3 Å². The summed E-state index contributed by atoms with van der Waals surface area (Å²) in [5.74, 6) is -0.464. The number of ether oxygens (including phenoxy) is 1. The van der Waals surface area contributed by atoms with Gasteiger partial charge in [0.1, 0.15) is 0 Å². The van der Waals surface area contributed by atoms with Gasteiger partial charge in [-0.25, -0.2) is 9.79 Å². The van der Waals surface area contributed by atoms with Gasteiger partial charge in [-0.1, -0.05) is 45.5 Å². The highest BCUT2D eigenvalue weighted by Gasteiger charge is 2.33. The van der Waals surface area contributed by atoms with Crippen molar-refractivity contribution in [2.24, 2.45) is 4.99 Å². The summed E-state index contributed by atoms with van der Waals surface area (Å²) in [6, 6.07) is 12.9. The zero-order valence-electron chi connectivity index (χ0n) is 19.1. The van der Waals surface area contributed by atoms with Crippen molar-refractivity contribution >= 4 is 60.9 Å². The first-order valence-corrected chi connectivity index (χ1v) is 13.0. The highest BCUT2D eigenvalue weighted by Crippen LogP contribution is 2.31. The van der Waals surface area contributed by atoms with Crippen molar-refractivity contribution in [3.8, 4) is 0 Å². The van der Waals surface area contributed by atoms with Crippen LogP contribution in [0.2, 0.25) is 0 Å². The van der Waals surface area contributed by atoms with E-state index in [9.17, 15) is 9.59 Å². The van der Waals surface area contributed by atoms with Crippen LogP contribution in [0.5, 0.6) is 0 Å². The molecule has 6 nitrogen and oxygen atoms in total. The highest BCUT2D eigenvalue weighted by atomic mass is 79.9. The third-order valence-corrected chi connectivity index (χ3v) is 7.60. The topological polar surface area (TPSA) is 63.9 Å². The largest absolute Gasteiger partial charge is 0.463 e. The second-order valence-electron chi connectivity index (χ2n) is 7.96. The molecule has 0 amide bonds. The van der Waals surface area contributed by atoms with Gasteiger partial charge in [-0.15, -0.1) is 0 Å². The van der Waals surface area contributed by atoms with Gasteiger partial charge in [0.2, 0.25) is 0 Å². The van der Waals surface area contributed by atoms with Gasteiger partial charge in [-0.05, 0) is 71.2 Å². The summed E-state index contributed by atoms with van der Waals surface area (Å²) in [7, 11) is 3.95. The zero-order chi connectivity index (χ0) is 24.6. The zero-order valence-corrected chi connectivity index (χ0v) is 23.1. The van der Waals surface area contributed by atoms with Crippen LogP contribution in [0.3, 0.4) is 0 Å². The van der Waals surface area contributed by atoms with Crippen LogP contribution in [0, 0.1) is 0 Å². The van der Waals surface area contributed by atoms with Crippen LogP contribution in [0.25, 0.3) is 6.08 Å². The van der Waals surface area contributed by atoms with E-state index >= 15 is 0 Å². The molecule has 0 saturated carbocycles. The van der Waals surface area contributed by atoms with Crippen LogP contribution < -0.4 is 19.8 Å². The van der Waals surface area contributed by atoms with E-state index in [0.717, 1.165) is 25.8 Å². The lowest BCUT2D eigenvalue weighted by Gasteiger charge is -2.24. The van der Waals surface area contributed by atoms with Gasteiger partial charge in [0.25, 0.3) is 5.56 Å². The molecule has 0 spiro atoms. The van der Waals surface area contributed by atoms with E-state index in [0.29, 0.717) is 20.6 Å². The van der Waals surface area contributed by atoms with Gasteiger partial charge in [0, 0.05) is 23.0 Å². The van der Waals surface area contributed by atoms with Crippen molar-refractivity contribution in [2.75, 3.05) is 25.6 Å². The summed E-state index contributed by atoms with van der Waals surface area (Å²) < 4.78 is 9.33. The second-order valence-corrected chi connectivity index (χ2v) is 10.7. The first-order chi connectivity index (χ1) is 16.2. The van der Waals surface area contributed by atoms with Gasteiger partial charge in [0.05, 0.1) is 34.1 Å². The van der Waals surface area contributed by atoms with Crippen LogP contribution in [-0.4, -0.2) is 31.2 Å². The van der Waals surface area contributed by atoms with Crippen molar-refractivity contribution in [1.82, 2.24) is 4.57 Å². The molecule has 0 N–H and O–H groups in total. The van der Waals surface area contributed by atoms with Crippen molar-refractivity contribution in [3.63, 3.8) is 0 Å². The summed E-state index contributed by atoms with van der Waals surface area (Å²) in [6.45, 7) is 3.79. The Bertz CT molecular complexity index is 1470. The molecule has 4 rings (SSSR count). The molecule has 0 radical (unpaired) electrons. The Hall–Kier alpha value is -2.49. The van der Waals surface area contributed by atoms with E-state index < -0.39 is 12.0 Å². The molecule has 0 saturated heterocycles. The Morgan fingerprint density at radius 3 is 2.53 bits per heavy atom. The summed E-state index contributed by atoms with van der Waals surface area (Å²) >= 11 is 8.38. The normalized spacial score (nSPS) is 15.7. The minimum atomic E-state index is -0.617. The fourth-order valence-corrected chi connectivity index (χ4v) is 5.94. The third-order valence-electron chi connectivity index (χ3n) is 5.45. The second kappa shape index (κ2) is 10.0. The quantitative estimate of drug-likeness (QED) is 0.405. The average molecular weight is 605 g/mol. The lowest BCUT2D eigenvalue weighted by molar-refractivity contribution is -0.139. The lowest BCUT2D eigenvalue weighted by Crippen LogP contribution is -2.39. The molecule has 9 heteroatoms. The molecule has 1 aromatic heterocycles.